The first-order valence-electron chi connectivity index (χ1n) is 6.81. The average molecular weight is 313 g/mol. The molecule has 0 unspecified atom stereocenters. The quantitative estimate of drug-likeness (QED) is 0.609. The number of carbonyl (C=O) groups excluding carboxylic acids is 3. The SMILES string of the molecule is CCOC(=O)CC[C@@](NC(C)=O)(C(=O)OCC)c1nn[nH]n1. The number of aromatic nitrogens is 4. The maximum atomic E-state index is 12.4. The zero-order chi connectivity index (χ0) is 16.6. The Morgan fingerprint density at radius 2 is 1.91 bits per heavy atom. The number of esters is 2. The highest BCUT2D eigenvalue weighted by Gasteiger charge is 2.47. The van der Waals surface area contributed by atoms with Crippen molar-refractivity contribution in [1.82, 2.24) is 25.9 Å². The molecule has 0 aliphatic heterocycles. The van der Waals surface area contributed by atoms with Gasteiger partial charge >= 0.3 is 11.9 Å². The summed E-state index contributed by atoms with van der Waals surface area (Å²) in [5, 5.41) is 15.6. The third kappa shape index (κ3) is 4.24. The van der Waals surface area contributed by atoms with Gasteiger partial charge in [0.25, 0.3) is 0 Å². The number of nitrogens with zero attached hydrogens (tertiary/aromatic N) is 3. The van der Waals surface area contributed by atoms with Gasteiger partial charge in [0.05, 0.1) is 13.2 Å². The number of aromatic amines is 1. The van der Waals surface area contributed by atoms with E-state index in [2.05, 4.69) is 25.9 Å². The first kappa shape index (κ1) is 17.5. The van der Waals surface area contributed by atoms with E-state index in [4.69, 9.17) is 9.47 Å². The Balaban J connectivity index is 3.11. The third-order valence-corrected chi connectivity index (χ3v) is 2.75. The van der Waals surface area contributed by atoms with E-state index in [1.807, 2.05) is 0 Å². The minimum atomic E-state index is -1.69. The lowest BCUT2D eigenvalue weighted by atomic mass is 9.92. The van der Waals surface area contributed by atoms with E-state index < -0.39 is 23.4 Å². The largest absolute Gasteiger partial charge is 0.466 e. The number of hydrogen-bond donors (Lipinski definition) is 2. The molecule has 0 bridgehead atoms. The van der Waals surface area contributed by atoms with Crippen molar-refractivity contribution in [2.24, 2.45) is 0 Å². The summed E-state index contributed by atoms with van der Waals surface area (Å²) in [6, 6.07) is 0. The van der Waals surface area contributed by atoms with Gasteiger partial charge in [0.2, 0.25) is 17.3 Å². The Hall–Kier alpha value is -2.52. The van der Waals surface area contributed by atoms with Crippen molar-refractivity contribution in [3.63, 3.8) is 0 Å². The van der Waals surface area contributed by atoms with Crippen LogP contribution < -0.4 is 5.32 Å². The van der Waals surface area contributed by atoms with E-state index in [9.17, 15) is 14.4 Å². The lowest BCUT2D eigenvalue weighted by Crippen LogP contribution is -2.53. The maximum Gasteiger partial charge on any atom is 0.340 e. The molecular weight excluding hydrogens is 294 g/mol. The predicted octanol–water partition coefficient (Wildman–Crippen LogP) is -0.562. The van der Waals surface area contributed by atoms with Crippen LogP contribution in [0.5, 0.6) is 0 Å². The molecule has 0 saturated heterocycles. The number of nitrogens with one attached hydrogen (secondary N) is 2. The summed E-state index contributed by atoms with van der Waals surface area (Å²) in [5.41, 5.74) is -1.69. The van der Waals surface area contributed by atoms with Gasteiger partial charge < -0.3 is 14.8 Å². The minimum absolute atomic E-state index is 0.0783. The molecule has 122 valence electrons. The fourth-order valence-corrected chi connectivity index (χ4v) is 1.89. The van der Waals surface area contributed by atoms with E-state index in [0.717, 1.165) is 0 Å². The van der Waals surface area contributed by atoms with Crippen molar-refractivity contribution in [3.05, 3.63) is 5.82 Å². The molecule has 1 atom stereocenters. The monoisotopic (exact) mass is 313 g/mol. The van der Waals surface area contributed by atoms with Crippen LogP contribution in [0, 0.1) is 0 Å². The second kappa shape index (κ2) is 8.05. The van der Waals surface area contributed by atoms with Crippen LogP contribution >= 0.6 is 0 Å². The number of hydrogen-bond acceptors (Lipinski definition) is 8. The molecule has 0 spiro atoms. The first-order valence-corrected chi connectivity index (χ1v) is 6.81. The van der Waals surface area contributed by atoms with E-state index in [1.54, 1.807) is 13.8 Å². The van der Waals surface area contributed by atoms with Crippen LogP contribution in [-0.4, -0.2) is 51.7 Å². The van der Waals surface area contributed by atoms with Crippen molar-refractivity contribution >= 4 is 17.8 Å². The molecule has 0 aromatic carbocycles. The number of carbonyl (C=O) groups is 3. The summed E-state index contributed by atoms with van der Waals surface area (Å²) in [6.07, 6.45) is -0.231. The second-order valence-electron chi connectivity index (χ2n) is 4.35. The topological polar surface area (TPSA) is 136 Å². The van der Waals surface area contributed by atoms with E-state index >= 15 is 0 Å². The van der Waals surface area contributed by atoms with Crippen LogP contribution in [0.3, 0.4) is 0 Å². The Morgan fingerprint density at radius 1 is 1.23 bits per heavy atom. The number of H-pyrrole nitrogens is 1. The highest BCUT2D eigenvalue weighted by atomic mass is 16.5. The van der Waals surface area contributed by atoms with Crippen molar-refractivity contribution in [1.29, 1.82) is 0 Å². The molecule has 0 aliphatic rings. The molecule has 0 aliphatic carbocycles. The zero-order valence-corrected chi connectivity index (χ0v) is 12.7. The van der Waals surface area contributed by atoms with Crippen molar-refractivity contribution in [2.45, 2.75) is 39.2 Å². The smallest absolute Gasteiger partial charge is 0.340 e. The van der Waals surface area contributed by atoms with E-state index in [1.165, 1.54) is 6.92 Å². The van der Waals surface area contributed by atoms with Crippen LogP contribution in [-0.2, 0) is 29.4 Å². The fraction of sp³-hybridized carbons (Fsp3) is 0.667. The number of rotatable bonds is 8. The highest BCUT2D eigenvalue weighted by Crippen LogP contribution is 2.25. The van der Waals surface area contributed by atoms with Crippen molar-refractivity contribution < 1.29 is 23.9 Å². The summed E-state index contributed by atoms with van der Waals surface area (Å²) in [4.78, 5) is 35.4. The van der Waals surface area contributed by atoms with Gasteiger partial charge in [-0.15, -0.1) is 10.2 Å². The lowest BCUT2D eigenvalue weighted by Gasteiger charge is -2.28. The molecule has 10 nitrogen and oxygen atoms in total. The van der Waals surface area contributed by atoms with Crippen LogP contribution in [0.1, 0.15) is 39.4 Å². The van der Waals surface area contributed by atoms with E-state index in [0.29, 0.717) is 0 Å². The van der Waals surface area contributed by atoms with Gasteiger partial charge in [-0.1, -0.05) is 5.21 Å². The van der Waals surface area contributed by atoms with Gasteiger partial charge in [-0.2, -0.15) is 5.21 Å². The molecule has 1 heterocycles. The van der Waals surface area contributed by atoms with Gasteiger partial charge in [-0.3, -0.25) is 9.59 Å². The summed E-state index contributed by atoms with van der Waals surface area (Å²) in [6.45, 7) is 4.84. The molecule has 10 heteroatoms. The molecule has 1 rings (SSSR count). The average Bonchev–Trinajstić information content (AvgIpc) is 2.98. The molecule has 1 aromatic rings. The van der Waals surface area contributed by atoms with Crippen molar-refractivity contribution in [2.75, 3.05) is 13.2 Å². The minimum Gasteiger partial charge on any atom is -0.466 e. The summed E-state index contributed by atoms with van der Waals surface area (Å²) in [5.74, 6) is -1.85. The Kier molecular flexibility index (Phi) is 6.42. The van der Waals surface area contributed by atoms with Crippen LogP contribution in [0.15, 0.2) is 0 Å². The molecule has 22 heavy (non-hydrogen) atoms. The summed E-state index contributed by atoms with van der Waals surface area (Å²) >= 11 is 0. The maximum absolute atomic E-state index is 12.4. The Bertz CT molecular complexity index is 518. The van der Waals surface area contributed by atoms with Crippen LogP contribution in [0.2, 0.25) is 0 Å². The Morgan fingerprint density at radius 3 is 2.41 bits per heavy atom. The van der Waals surface area contributed by atoms with Gasteiger partial charge in [-0.25, -0.2) is 4.79 Å². The normalized spacial score (nSPS) is 13.0. The molecule has 1 amide bonds. The number of ether oxygens (including phenoxy) is 2. The lowest BCUT2D eigenvalue weighted by molar-refractivity contribution is -0.155. The molecular formula is C12H19N5O5. The first-order chi connectivity index (χ1) is 10.5. The van der Waals surface area contributed by atoms with Crippen molar-refractivity contribution in [3.8, 4) is 0 Å². The molecule has 2 N–H and O–H groups in total. The van der Waals surface area contributed by atoms with Gasteiger partial charge in [0.15, 0.2) is 0 Å². The van der Waals surface area contributed by atoms with Crippen LogP contribution in [0.25, 0.3) is 0 Å². The van der Waals surface area contributed by atoms with Crippen LogP contribution in [0.4, 0.5) is 0 Å². The number of amides is 1. The molecule has 0 fully saturated rings. The zero-order valence-electron chi connectivity index (χ0n) is 12.7. The predicted molar refractivity (Wildman–Crippen MR) is 72.2 cm³/mol. The van der Waals surface area contributed by atoms with Gasteiger partial charge in [0, 0.05) is 13.3 Å². The second-order valence-corrected chi connectivity index (χ2v) is 4.35. The molecule has 0 saturated carbocycles. The van der Waals surface area contributed by atoms with Gasteiger partial charge in [-0.05, 0) is 20.3 Å². The Labute approximate surface area is 126 Å². The molecule has 1 aromatic heterocycles. The standard InChI is InChI=1S/C12H19N5O5/c1-4-21-9(19)6-7-12(13-8(3)18,11(20)22-5-2)10-14-16-17-15-10/h4-7H2,1-3H3,(H,13,18)(H,14,15,16,17)/t12-/m0/s1. The number of tetrazole rings is 1. The summed E-state index contributed by atoms with van der Waals surface area (Å²) < 4.78 is 9.83. The fourth-order valence-electron chi connectivity index (χ4n) is 1.89. The highest BCUT2D eigenvalue weighted by molar-refractivity contribution is 5.88. The summed E-state index contributed by atoms with van der Waals surface area (Å²) in [7, 11) is 0. The van der Waals surface area contributed by atoms with Gasteiger partial charge in [0.1, 0.15) is 0 Å². The third-order valence-electron chi connectivity index (χ3n) is 2.75. The molecule has 0 radical (unpaired) electrons. The van der Waals surface area contributed by atoms with E-state index in [-0.39, 0.29) is 31.9 Å².